The van der Waals surface area contributed by atoms with E-state index < -0.39 is 11.4 Å². The summed E-state index contributed by atoms with van der Waals surface area (Å²) in [7, 11) is 0. The van der Waals surface area contributed by atoms with Crippen LogP contribution in [0.25, 0.3) is 10.9 Å². The van der Waals surface area contributed by atoms with Crippen LogP contribution in [0.1, 0.15) is 17.3 Å². The zero-order valence-corrected chi connectivity index (χ0v) is 13.5. The number of halogens is 1. The number of aromatic carboxylic acids is 1. The predicted molar refractivity (Wildman–Crippen MR) is 88.9 cm³/mol. The van der Waals surface area contributed by atoms with Gasteiger partial charge in [-0.1, -0.05) is 11.6 Å². The normalized spacial score (nSPS) is 15.1. The molecule has 7 heteroatoms. The lowest BCUT2D eigenvalue weighted by Crippen LogP contribution is -2.36. The average molecular weight is 337 g/mol. The number of carbonyl (C=O) groups is 1. The highest BCUT2D eigenvalue weighted by molar-refractivity contribution is 6.34. The van der Waals surface area contributed by atoms with E-state index in [0.717, 1.165) is 5.69 Å². The fourth-order valence-corrected chi connectivity index (χ4v) is 3.14. The van der Waals surface area contributed by atoms with Crippen LogP contribution in [0.4, 0.5) is 5.69 Å². The molecule has 23 heavy (non-hydrogen) atoms. The quantitative estimate of drug-likeness (QED) is 0.930. The number of anilines is 1. The highest BCUT2D eigenvalue weighted by atomic mass is 35.5. The first-order valence-corrected chi connectivity index (χ1v) is 7.83. The van der Waals surface area contributed by atoms with Gasteiger partial charge in [0.25, 0.3) is 0 Å². The van der Waals surface area contributed by atoms with E-state index in [4.69, 9.17) is 16.3 Å². The van der Waals surface area contributed by atoms with Gasteiger partial charge < -0.3 is 19.3 Å². The number of carboxylic acids is 1. The first kappa shape index (κ1) is 15.8. The van der Waals surface area contributed by atoms with Gasteiger partial charge in [0.2, 0.25) is 5.43 Å². The largest absolute Gasteiger partial charge is 0.477 e. The minimum Gasteiger partial charge on any atom is -0.477 e. The standard InChI is InChI=1S/C16H17ClN2O4/c1-2-18-9-11(16(21)22)15(20)10-7-14(12(17)8-13(10)18)19-3-5-23-6-4-19/h7-9H,2-6H2,1H3,(H,21,22). The van der Waals surface area contributed by atoms with Crippen LogP contribution in [0.15, 0.2) is 23.1 Å². The van der Waals surface area contributed by atoms with Crippen molar-refractivity contribution in [2.45, 2.75) is 13.5 Å². The number of pyridine rings is 1. The summed E-state index contributed by atoms with van der Waals surface area (Å²) in [5.41, 5.74) is 0.673. The Kier molecular flexibility index (Phi) is 4.28. The minimum atomic E-state index is -1.22. The molecule has 0 radical (unpaired) electrons. The Balaban J connectivity index is 2.26. The molecule has 1 fully saturated rings. The van der Waals surface area contributed by atoms with Gasteiger partial charge in [0.1, 0.15) is 5.56 Å². The molecular weight excluding hydrogens is 320 g/mol. The SMILES string of the molecule is CCn1cc(C(=O)O)c(=O)c2cc(N3CCOCC3)c(Cl)cc21. The Bertz CT molecular complexity index is 825. The number of nitrogens with zero attached hydrogens (tertiary/aromatic N) is 2. The number of rotatable bonds is 3. The van der Waals surface area contributed by atoms with Crippen molar-refractivity contribution in [3.63, 3.8) is 0 Å². The second-order valence-electron chi connectivity index (χ2n) is 5.38. The second-order valence-corrected chi connectivity index (χ2v) is 5.79. The Hall–Kier alpha value is -2.05. The van der Waals surface area contributed by atoms with Gasteiger partial charge in [0, 0.05) is 31.2 Å². The van der Waals surface area contributed by atoms with E-state index in [1.54, 1.807) is 16.7 Å². The number of carboxylic acid groups (broad SMARTS) is 1. The van der Waals surface area contributed by atoms with Gasteiger partial charge in [0.15, 0.2) is 0 Å². The maximum Gasteiger partial charge on any atom is 0.341 e. The highest BCUT2D eigenvalue weighted by Crippen LogP contribution is 2.30. The average Bonchev–Trinajstić information content (AvgIpc) is 2.55. The summed E-state index contributed by atoms with van der Waals surface area (Å²) in [6.07, 6.45) is 1.37. The third-order valence-corrected chi connectivity index (χ3v) is 4.37. The van der Waals surface area contributed by atoms with Crippen molar-refractivity contribution < 1.29 is 14.6 Å². The van der Waals surface area contributed by atoms with Gasteiger partial charge in [-0.05, 0) is 19.1 Å². The maximum atomic E-state index is 12.5. The summed E-state index contributed by atoms with van der Waals surface area (Å²) in [4.78, 5) is 25.9. The van der Waals surface area contributed by atoms with E-state index in [0.29, 0.717) is 48.8 Å². The lowest BCUT2D eigenvalue weighted by Gasteiger charge is -2.30. The summed E-state index contributed by atoms with van der Waals surface area (Å²) in [6, 6.07) is 3.43. The molecule has 1 aliphatic rings. The van der Waals surface area contributed by atoms with E-state index >= 15 is 0 Å². The number of benzene rings is 1. The molecule has 0 aliphatic carbocycles. The fourth-order valence-electron chi connectivity index (χ4n) is 2.86. The molecule has 2 aromatic rings. The van der Waals surface area contributed by atoms with Crippen molar-refractivity contribution in [1.82, 2.24) is 4.57 Å². The van der Waals surface area contributed by atoms with E-state index in [-0.39, 0.29) is 5.56 Å². The topological polar surface area (TPSA) is 71.8 Å². The number of fused-ring (bicyclic) bond motifs is 1. The van der Waals surface area contributed by atoms with Crippen molar-refractivity contribution in [1.29, 1.82) is 0 Å². The zero-order chi connectivity index (χ0) is 16.6. The van der Waals surface area contributed by atoms with Crippen molar-refractivity contribution in [2.24, 2.45) is 0 Å². The van der Waals surface area contributed by atoms with E-state index in [9.17, 15) is 14.7 Å². The number of aryl methyl sites for hydroxylation is 1. The first-order valence-electron chi connectivity index (χ1n) is 7.45. The summed E-state index contributed by atoms with van der Waals surface area (Å²) >= 11 is 6.41. The van der Waals surface area contributed by atoms with Crippen LogP contribution in [-0.2, 0) is 11.3 Å². The van der Waals surface area contributed by atoms with Gasteiger partial charge in [-0.15, -0.1) is 0 Å². The molecular formula is C16H17ClN2O4. The van der Waals surface area contributed by atoms with Crippen molar-refractivity contribution in [3.05, 3.63) is 39.1 Å². The third-order valence-electron chi connectivity index (χ3n) is 4.07. The van der Waals surface area contributed by atoms with Gasteiger partial charge >= 0.3 is 5.97 Å². The van der Waals surface area contributed by atoms with Gasteiger partial charge in [-0.2, -0.15) is 0 Å². The molecule has 2 heterocycles. The van der Waals surface area contributed by atoms with E-state index in [1.807, 2.05) is 6.92 Å². The second kappa shape index (κ2) is 6.22. The molecule has 122 valence electrons. The predicted octanol–water partition coefficient (Wildman–Crippen LogP) is 2.21. The molecule has 1 aliphatic heterocycles. The Morgan fingerprint density at radius 2 is 2.04 bits per heavy atom. The number of aromatic nitrogens is 1. The van der Waals surface area contributed by atoms with Crippen LogP contribution < -0.4 is 10.3 Å². The smallest absolute Gasteiger partial charge is 0.341 e. The molecule has 0 bridgehead atoms. The van der Waals surface area contributed by atoms with Crippen LogP contribution >= 0.6 is 11.6 Å². The Morgan fingerprint density at radius 1 is 1.35 bits per heavy atom. The minimum absolute atomic E-state index is 0.227. The molecule has 1 saturated heterocycles. The van der Waals surface area contributed by atoms with E-state index in [2.05, 4.69) is 4.90 Å². The van der Waals surface area contributed by atoms with Gasteiger partial charge in [0.05, 0.1) is 29.4 Å². The summed E-state index contributed by atoms with van der Waals surface area (Å²) in [5.74, 6) is -1.22. The lowest BCUT2D eigenvalue weighted by atomic mass is 10.1. The van der Waals surface area contributed by atoms with Crippen LogP contribution in [0.5, 0.6) is 0 Å². The first-order chi connectivity index (χ1) is 11.0. The monoisotopic (exact) mass is 336 g/mol. The molecule has 0 amide bonds. The molecule has 1 N–H and O–H groups in total. The van der Waals surface area contributed by atoms with E-state index in [1.165, 1.54) is 6.20 Å². The molecule has 0 saturated carbocycles. The van der Waals surface area contributed by atoms with Crippen LogP contribution in [0.3, 0.4) is 0 Å². The number of ether oxygens (including phenoxy) is 1. The van der Waals surface area contributed by atoms with Crippen LogP contribution in [0.2, 0.25) is 5.02 Å². The maximum absolute atomic E-state index is 12.5. The Labute approximate surface area is 137 Å². The molecule has 3 rings (SSSR count). The fraction of sp³-hybridized carbons (Fsp3) is 0.375. The van der Waals surface area contributed by atoms with Crippen LogP contribution in [-0.4, -0.2) is 41.9 Å². The number of hydrogen-bond donors (Lipinski definition) is 1. The third kappa shape index (κ3) is 2.80. The molecule has 6 nitrogen and oxygen atoms in total. The summed E-state index contributed by atoms with van der Waals surface area (Å²) in [5, 5.41) is 10.2. The van der Waals surface area contributed by atoms with Crippen molar-refractivity contribution in [2.75, 3.05) is 31.2 Å². The molecule has 0 spiro atoms. The molecule has 1 aromatic heterocycles. The lowest BCUT2D eigenvalue weighted by molar-refractivity contribution is 0.0695. The number of hydrogen-bond acceptors (Lipinski definition) is 4. The molecule has 0 atom stereocenters. The van der Waals surface area contributed by atoms with Gasteiger partial charge in [-0.25, -0.2) is 4.79 Å². The van der Waals surface area contributed by atoms with Crippen molar-refractivity contribution >= 4 is 34.2 Å². The molecule has 1 aromatic carbocycles. The summed E-state index contributed by atoms with van der Waals surface area (Å²) in [6.45, 7) is 5.01. The zero-order valence-electron chi connectivity index (χ0n) is 12.7. The summed E-state index contributed by atoms with van der Waals surface area (Å²) < 4.78 is 7.06. The Morgan fingerprint density at radius 3 is 2.65 bits per heavy atom. The molecule has 0 unspecified atom stereocenters. The van der Waals surface area contributed by atoms with Crippen molar-refractivity contribution in [3.8, 4) is 0 Å². The number of morpholine rings is 1. The highest BCUT2D eigenvalue weighted by Gasteiger charge is 2.19. The van der Waals surface area contributed by atoms with Crippen LogP contribution in [0, 0.1) is 0 Å². The van der Waals surface area contributed by atoms with Gasteiger partial charge in [-0.3, -0.25) is 4.79 Å².